The zero-order chi connectivity index (χ0) is 15.8. The molecule has 0 radical (unpaired) electrons. The zero-order valence-electron chi connectivity index (χ0n) is 12.5. The van der Waals surface area contributed by atoms with Crippen LogP contribution in [-0.2, 0) is 19.4 Å². The van der Waals surface area contributed by atoms with E-state index in [1.165, 1.54) is 5.56 Å². The van der Waals surface area contributed by atoms with Gasteiger partial charge in [-0.2, -0.15) is 0 Å². The number of aryl methyl sites for hydroxylation is 2. The number of phenols is 1. The lowest BCUT2D eigenvalue weighted by molar-refractivity contribution is 0.471. The van der Waals surface area contributed by atoms with E-state index in [1.54, 1.807) is 12.5 Å². The van der Waals surface area contributed by atoms with Crippen molar-refractivity contribution in [1.29, 1.82) is 0 Å². The molecular weight excluding hydrogens is 358 g/mol. The van der Waals surface area contributed by atoms with E-state index in [9.17, 15) is 5.11 Å². The second-order valence-electron chi connectivity index (χ2n) is 5.75. The summed E-state index contributed by atoms with van der Waals surface area (Å²) in [6.45, 7) is 0.445. The average molecular weight is 374 g/mol. The van der Waals surface area contributed by atoms with Crippen molar-refractivity contribution in [3.8, 4) is 5.75 Å². The molecule has 4 rings (SSSR count). The normalized spacial score (nSPS) is 14.7. The van der Waals surface area contributed by atoms with Crippen LogP contribution in [0.4, 0.5) is 0 Å². The number of aromatic hydroxyl groups is 1. The summed E-state index contributed by atoms with van der Waals surface area (Å²) in [5.74, 6) is 2.04. The average Bonchev–Trinajstić information content (AvgIpc) is 3.18. The highest BCUT2D eigenvalue weighted by Crippen LogP contribution is 2.40. The van der Waals surface area contributed by atoms with E-state index in [-0.39, 0.29) is 5.75 Å². The highest BCUT2D eigenvalue weighted by Gasteiger charge is 2.22. The van der Waals surface area contributed by atoms with Crippen LogP contribution in [0.25, 0.3) is 11.0 Å². The Kier molecular flexibility index (Phi) is 3.73. The molecule has 0 aliphatic heterocycles. The lowest BCUT2D eigenvalue weighted by atomic mass is 9.94. The van der Waals surface area contributed by atoms with Crippen LogP contribution in [-0.4, -0.2) is 11.3 Å². The van der Waals surface area contributed by atoms with Crippen molar-refractivity contribution in [1.82, 2.24) is 0 Å². The van der Waals surface area contributed by atoms with E-state index < -0.39 is 0 Å². The minimum absolute atomic E-state index is 0.204. The maximum Gasteiger partial charge on any atom is 0.139 e. The fraction of sp³-hybridized carbons (Fsp3) is 0.278. The van der Waals surface area contributed by atoms with Gasteiger partial charge in [-0.3, -0.25) is 4.99 Å². The molecule has 118 valence electrons. The van der Waals surface area contributed by atoms with Crippen molar-refractivity contribution < 1.29 is 13.9 Å². The van der Waals surface area contributed by atoms with Gasteiger partial charge in [0.15, 0.2) is 0 Å². The molecule has 1 N–H and O–H groups in total. The van der Waals surface area contributed by atoms with Crippen LogP contribution in [0.15, 0.2) is 42.8 Å². The first-order valence-electron chi connectivity index (χ1n) is 7.72. The van der Waals surface area contributed by atoms with Crippen molar-refractivity contribution >= 4 is 33.1 Å². The molecule has 5 heteroatoms. The predicted octanol–water partition coefficient (Wildman–Crippen LogP) is 4.99. The Labute approximate surface area is 141 Å². The smallest absolute Gasteiger partial charge is 0.139 e. The van der Waals surface area contributed by atoms with Gasteiger partial charge in [-0.05, 0) is 53.4 Å². The number of benzene rings is 1. The molecule has 0 atom stereocenters. The third kappa shape index (κ3) is 2.59. The molecule has 4 nitrogen and oxygen atoms in total. The molecule has 1 aromatic carbocycles. The van der Waals surface area contributed by atoms with Gasteiger partial charge in [-0.1, -0.05) is 0 Å². The van der Waals surface area contributed by atoms with Gasteiger partial charge in [-0.25, -0.2) is 0 Å². The van der Waals surface area contributed by atoms with Crippen LogP contribution in [0.2, 0.25) is 0 Å². The first-order chi connectivity index (χ1) is 11.2. The van der Waals surface area contributed by atoms with E-state index in [1.807, 2.05) is 18.2 Å². The summed E-state index contributed by atoms with van der Waals surface area (Å²) in [6.07, 6.45) is 7.61. The Morgan fingerprint density at radius 3 is 3.00 bits per heavy atom. The Morgan fingerprint density at radius 1 is 1.30 bits per heavy atom. The van der Waals surface area contributed by atoms with Crippen LogP contribution >= 0.6 is 15.9 Å². The molecule has 0 unspecified atom stereocenters. The molecule has 0 fully saturated rings. The summed E-state index contributed by atoms with van der Waals surface area (Å²) >= 11 is 3.40. The Morgan fingerprint density at radius 2 is 2.17 bits per heavy atom. The monoisotopic (exact) mass is 373 g/mol. The summed E-state index contributed by atoms with van der Waals surface area (Å²) in [4.78, 5) is 4.42. The molecule has 0 spiro atoms. The second-order valence-corrected chi connectivity index (χ2v) is 6.61. The summed E-state index contributed by atoms with van der Waals surface area (Å²) in [7, 11) is 0. The van der Waals surface area contributed by atoms with Crippen molar-refractivity contribution in [2.24, 2.45) is 4.99 Å². The standard InChI is InChI=1S/C18H16BrNO3/c19-14-8-16-17(12-5-1-2-6-15(12)23-16)13(18(14)21)10-20-9-11-4-3-7-22-11/h3-4,7-8,10,21H,1-2,5-6,9H2. The first kappa shape index (κ1) is 14.6. The number of fused-ring (bicyclic) bond motifs is 3. The van der Waals surface area contributed by atoms with E-state index in [0.29, 0.717) is 16.6 Å². The largest absolute Gasteiger partial charge is 0.506 e. The lowest BCUT2D eigenvalue weighted by Gasteiger charge is -2.10. The van der Waals surface area contributed by atoms with Crippen LogP contribution in [0.3, 0.4) is 0 Å². The fourth-order valence-electron chi connectivity index (χ4n) is 3.17. The summed E-state index contributed by atoms with van der Waals surface area (Å²) in [5.41, 5.74) is 2.74. The fourth-order valence-corrected chi connectivity index (χ4v) is 3.59. The maximum atomic E-state index is 10.5. The minimum Gasteiger partial charge on any atom is -0.506 e. The summed E-state index contributed by atoms with van der Waals surface area (Å²) < 4.78 is 11.9. The number of nitrogens with zero attached hydrogens (tertiary/aromatic N) is 1. The van der Waals surface area contributed by atoms with Crippen LogP contribution in [0, 0.1) is 0 Å². The Balaban J connectivity index is 1.81. The number of rotatable bonds is 3. The molecule has 2 heterocycles. The number of aliphatic imine (C=N–C) groups is 1. The Bertz CT molecular complexity index is 878. The summed E-state index contributed by atoms with van der Waals surface area (Å²) in [6, 6.07) is 5.56. The third-order valence-corrected chi connectivity index (χ3v) is 4.86. The molecule has 0 bridgehead atoms. The first-order valence-corrected chi connectivity index (χ1v) is 8.51. The van der Waals surface area contributed by atoms with Gasteiger partial charge in [0.2, 0.25) is 0 Å². The van der Waals surface area contributed by atoms with E-state index in [2.05, 4.69) is 20.9 Å². The van der Waals surface area contributed by atoms with Gasteiger partial charge in [0, 0.05) is 29.1 Å². The molecule has 2 aromatic heterocycles. The molecule has 1 aliphatic rings. The quantitative estimate of drug-likeness (QED) is 0.657. The van der Waals surface area contributed by atoms with Crippen molar-refractivity contribution in [2.75, 3.05) is 0 Å². The maximum absolute atomic E-state index is 10.5. The molecule has 3 aromatic rings. The van der Waals surface area contributed by atoms with Crippen molar-refractivity contribution in [3.05, 3.63) is 51.6 Å². The van der Waals surface area contributed by atoms with Crippen molar-refractivity contribution in [3.63, 3.8) is 0 Å². The second kappa shape index (κ2) is 5.89. The molecule has 0 saturated heterocycles. The number of furan rings is 2. The van der Waals surface area contributed by atoms with Crippen LogP contribution in [0.1, 0.15) is 35.5 Å². The predicted molar refractivity (Wildman–Crippen MR) is 92.2 cm³/mol. The van der Waals surface area contributed by atoms with Gasteiger partial charge < -0.3 is 13.9 Å². The van der Waals surface area contributed by atoms with Gasteiger partial charge in [0.05, 0.1) is 17.3 Å². The van der Waals surface area contributed by atoms with Gasteiger partial charge in [0.1, 0.15) is 22.9 Å². The van der Waals surface area contributed by atoms with Crippen LogP contribution < -0.4 is 0 Å². The minimum atomic E-state index is 0.204. The molecular formula is C18H16BrNO3. The molecule has 1 aliphatic carbocycles. The van der Waals surface area contributed by atoms with E-state index in [0.717, 1.165) is 48.2 Å². The van der Waals surface area contributed by atoms with Crippen molar-refractivity contribution in [2.45, 2.75) is 32.2 Å². The van der Waals surface area contributed by atoms with E-state index >= 15 is 0 Å². The summed E-state index contributed by atoms with van der Waals surface area (Å²) in [5, 5.41) is 11.5. The molecule has 0 amide bonds. The highest BCUT2D eigenvalue weighted by atomic mass is 79.9. The van der Waals surface area contributed by atoms with Gasteiger partial charge in [0.25, 0.3) is 0 Å². The highest BCUT2D eigenvalue weighted by molar-refractivity contribution is 9.10. The Hall–Kier alpha value is -2.01. The number of phenolic OH excluding ortho intramolecular Hbond substituents is 1. The number of hydrogen-bond donors (Lipinski definition) is 1. The van der Waals surface area contributed by atoms with Gasteiger partial charge in [-0.15, -0.1) is 0 Å². The lowest BCUT2D eigenvalue weighted by Crippen LogP contribution is -2.00. The third-order valence-electron chi connectivity index (χ3n) is 4.25. The zero-order valence-corrected chi connectivity index (χ0v) is 14.1. The molecule has 0 saturated carbocycles. The number of hydrogen-bond acceptors (Lipinski definition) is 4. The van der Waals surface area contributed by atoms with Crippen LogP contribution in [0.5, 0.6) is 5.75 Å². The number of halogens is 1. The SMILES string of the molecule is Oc1c(Br)cc2oc3c(c2c1C=NCc1ccco1)CCCC3. The molecule has 23 heavy (non-hydrogen) atoms. The topological polar surface area (TPSA) is 58.9 Å². The van der Waals surface area contributed by atoms with Gasteiger partial charge >= 0.3 is 0 Å². The van der Waals surface area contributed by atoms with E-state index in [4.69, 9.17) is 8.83 Å².